The highest BCUT2D eigenvalue weighted by molar-refractivity contribution is 6.04. The summed E-state index contributed by atoms with van der Waals surface area (Å²) in [5, 5.41) is 2.55. The smallest absolute Gasteiger partial charge is 0.255 e. The molecule has 0 radical (unpaired) electrons. The van der Waals surface area contributed by atoms with Gasteiger partial charge in [0.1, 0.15) is 5.82 Å². The second-order valence-corrected chi connectivity index (χ2v) is 4.47. The van der Waals surface area contributed by atoms with Crippen LogP contribution in [-0.4, -0.2) is 12.5 Å². The molecule has 106 valence electrons. The minimum Gasteiger partial charge on any atom is -0.320 e. The molecule has 0 unspecified atom stereocenters. The minimum atomic E-state index is -0.465. The lowest BCUT2D eigenvalue weighted by atomic mass is 10.0. The van der Waals surface area contributed by atoms with E-state index in [0.29, 0.717) is 5.56 Å². The third kappa shape index (κ3) is 3.68. The summed E-state index contributed by atoms with van der Waals surface area (Å²) in [5.41, 5.74) is 7.64. The summed E-state index contributed by atoms with van der Waals surface area (Å²) < 4.78 is 13.5. The van der Waals surface area contributed by atoms with E-state index in [0.717, 1.165) is 11.1 Å². The molecule has 0 saturated heterocycles. The van der Waals surface area contributed by atoms with Crippen LogP contribution in [-0.2, 0) is 0 Å². The number of rotatable bonds is 2. The van der Waals surface area contributed by atoms with Gasteiger partial charge in [-0.05, 0) is 42.8 Å². The Kier molecular flexibility index (Phi) is 4.70. The number of nitrogens with one attached hydrogen (secondary N) is 1. The maximum Gasteiger partial charge on any atom is 0.255 e. The van der Waals surface area contributed by atoms with Gasteiger partial charge in [0.25, 0.3) is 5.91 Å². The summed E-state index contributed by atoms with van der Waals surface area (Å²) in [5.74, 6) is 4.88. The van der Waals surface area contributed by atoms with Gasteiger partial charge in [-0.25, -0.2) is 4.39 Å². The molecule has 0 aliphatic heterocycles. The van der Waals surface area contributed by atoms with Gasteiger partial charge in [-0.1, -0.05) is 24.0 Å². The molecule has 4 heteroatoms. The summed E-state index contributed by atoms with van der Waals surface area (Å²) in [4.78, 5) is 12.1. The number of carbonyl (C=O) groups is 1. The first kappa shape index (κ1) is 14.8. The van der Waals surface area contributed by atoms with Crippen LogP contribution in [0.4, 0.5) is 10.1 Å². The molecule has 2 rings (SSSR count). The predicted octanol–water partition coefficient (Wildman–Crippen LogP) is 2.70. The summed E-state index contributed by atoms with van der Waals surface area (Å²) in [7, 11) is 0. The molecule has 0 bridgehead atoms. The van der Waals surface area contributed by atoms with Crippen molar-refractivity contribution in [2.45, 2.75) is 6.92 Å². The van der Waals surface area contributed by atoms with Crippen LogP contribution in [0.1, 0.15) is 21.5 Å². The number of aryl methyl sites for hydroxylation is 1. The maximum absolute atomic E-state index is 13.5. The molecule has 3 N–H and O–H groups in total. The highest BCUT2D eigenvalue weighted by Gasteiger charge is 2.09. The van der Waals surface area contributed by atoms with Gasteiger partial charge >= 0.3 is 0 Å². The first-order valence-corrected chi connectivity index (χ1v) is 6.47. The number of hydrogen-bond donors (Lipinski definition) is 2. The summed E-state index contributed by atoms with van der Waals surface area (Å²) in [6.45, 7) is 2.15. The monoisotopic (exact) mass is 282 g/mol. The number of benzene rings is 2. The number of nitrogens with two attached hydrogens (primary N) is 1. The van der Waals surface area contributed by atoms with E-state index in [9.17, 15) is 9.18 Å². The fourth-order valence-electron chi connectivity index (χ4n) is 1.85. The molecule has 0 heterocycles. The van der Waals surface area contributed by atoms with E-state index in [4.69, 9.17) is 5.73 Å². The van der Waals surface area contributed by atoms with Gasteiger partial charge in [0.2, 0.25) is 0 Å². The lowest BCUT2D eigenvalue weighted by Crippen LogP contribution is -2.13. The summed E-state index contributed by atoms with van der Waals surface area (Å²) >= 11 is 0. The third-order valence-corrected chi connectivity index (χ3v) is 2.94. The van der Waals surface area contributed by atoms with Crippen molar-refractivity contribution in [2.24, 2.45) is 5.73 Å². The molecule has 0 aliphatic rings. The SMILES string of the molecule is Cc1cc(C(=O)Nc2ccccc2F)ccc1C#CCN. The van der Waals surface area contributed by atoms with Gasteiger partial charge in [-0.2, -0.15) is 0 Å². The van der Waals surface area contributed by atoms with Crippen LogP contribution in [0.3, 0.4) is 0 Å². The molecule has 0 atom stereocenters. The van der Waals surface area contributed by atoms with Gasteiger partial charge < -0.3 is 11.1 Å². The Labute approximate surface area is 123 Å². The van der Waals surface area contributed by atoms with E-state index in [1.807, 2.05) is 6.92 Å². The molecule has 0 aromatic heterocycles. The Bertz CT molecular complexity index is 729. The van der Waals surface area contributed by atoms with Gasteiger partial charge in [0, 0.05) is 11.1 Å². The largest absolute Gasteiger partial charge is 0.320 e. The Morgan fingerprint density at radius 2 is 2.05 bits per heavy atom. The van der Waals surface area contributed by atoms with Gasteiger partial charge in [-0.15, -0.1) is 0 Å². The fraction of sp³-hybridized carbons (Fsp3) is 0.118. The van der Waals surface area contributed by atoms with Crippen molar-refractivity contribution in [1.29, 1.82) is 0 Å². The van der Waals surface area contributed by atoms with Crippen molar-refractivity contribution in [2.75, 3.05) is 11.9 Å². The molecule has 0 fully saturated rings. The predicted molar refractivity (Wildman–Crippen MR) is 81.5 cm³/mol. The first-order chi connectivity index (χ1) is 10.1. The molecule has 0 spiro atoms. The Hall–Kier alpha value is -2.64. The Balaban J connectivity index is 2.21. The zero-order valence-electron chi connectivity index (χ0n) is 11.6. The normalized spacial score (nSPS) is 9.67. The Morgan fingerprint density at radius 3 is 2.71 bits per heavy atom. The number of hydrogen-bond acceptors (Lipinski definition) is 2. The van der Waals surface area contributed by atoms with Crippen LogP contribution in [0, 0.1) is 24.6 Å². The van der Waals surface area contributed by atoms with Crippen LogP contribution < -0.4 is 11.1 Å². The van der Waals surface area contributed by atoms with Crippen molar-refractivity contribution in [3.05, 3.63) is 65.0 Å². The number of amides is 1. The highest BCUT2D eigenvalue weighted by atomic mass is 19.1. The number of halogens is 1. The number of para-hydroxylation sites is 1. The van der Waals surface area contributed by atoms with E-state index < -0.39 is 5.82 Å². The number of carbonyl (C=O) groups excluding carboxylic acids is 1. The van der Waals surface area contributed by atoms with Crippen molar-refractivity contribution in [1.82, 2.24) is 0 Å². The standard InChI is InChI=1S/C17H15FN2O/c1-12-11-14(9-8-13(12)5-4-10-19)17(21)20-16-7-3-2-6-15(16)18/h2-3,6-9,11H,10,19H2,1H3,(H,20,21). The minimum absolute atomic E-state index is 0.159. The number of anilines is 1. The van der Waals surface area contributed by atoms with E-state index >= 15 is 0 Å². The second kappa shape index (κ2) is 6.69. The van der Waals surface area contributed by atoms with Crippen molar-refractivity contribution >= 4 is 11.6 Å². The Morgan fingerprint density at radius 1 is 1.29 bits per heavy atom. The van der Waals surface area contributed by atoms with Gasteiger partial charge in [-0.3, -0.25) is 4.79 Å². The molecule has 21 heavy (non-hydrogen) atoms. The summed E-state index contributed by atoms with van der Waals surface area (Å²) in [6, 6.07) is 11.2. The van der Waals surface area contributed by atoms with Crippen molar-refractivity contribution < 1.29 is 9.18 Å². The van der Waals surface area contributed by atoms with E-state index in [1.54, 1.807) is 30.3 Å². The van der Waals surface area contributed by atoms with Crippen LogP contribution >= 0.6 is 0 Å². The lowest BCUT2D eigenvalue weighted by Gasteiger charge is -2.07. The molecule has 0 saturated carbocycles. The summed E-state index contributed by atoms with van der Waals surface area (Å²) in [6.07, 6.45) is 0. The zero-order chi connectivity index (χ0) is 15.2. The van der Waals surface area contributed by atoms with E-state index in [-0.39, 0.29) is 18.1 Å². The van der Waals surface area contributed by atoms with Crippen LogP contribution in [0.25, 0.3) is 0 Å². The van der Waals surface area contributed by atoms with E-state index in [2.05, 4.69) is 17.2 Å². The second-order valence-electron chi connectivity index (χ2n) is 4.47. The van der Waals surface area contributed by atoms with Crippen molar-refractivity contribution in [3.63, 3.8) is 0 Å². The molecular weight excluding hydrogens is 267 g/mol. The quantitative estimate of drug-likeness (QED) is 0.832. The van der Waals surface area contributed by atoms with Crippen LogP contribution in [0.2, 0.25) is 0 Å². The maximum atomic E-state index is 13.5. The third-order valence-electron chi connectivity index (χ3n) is 2.94. The average molecular weight is 282 g/mol. The van der Waals surface area contributed by atoms with Gasteiger partial charge in [0.15, 0.2) is 0 Å². The van der Waals surface area contributed by atoms with Crippen molar-refractivity contribution in [3.8, 4) is 11.8 Å². The molecule has 2 aromatic rings. The zero-order valence-corrected chi connectivity index (χ0v) is 11.6. The average Bonchev–Trinajstić information content (AvgIpc) is 2.48. The van der Waals surface area contributed by atoms with Crippen LogP contribution in [0.5, 0.6) is 0 Å². The lowest BCUT2D eigenvalue weighted by molar-refractivity contribution is 0.102. The molecular formula is C17H15FN2O. The first-order valence-electron chi connectivity index (χ1n) is 6.47. The fourth-order valence-corrected chi connectivity index (χ4v) is 1.85. The van der Waals surface area contributed by atoms with Crippen LogP contribution in [0.15, 0.2) is 42.5 Å². The topological polar surface area (TPSA) is 55.1 Å². The molecule has 1 amide bonds. The van der Waals surface area contributed by atoms with E-state index in [1.165, 1.54) is 12.1 Å². The van der Waals surface area contributed by atoms with Gasteiger partial charge in [0.05, 0.1) is 12.2 Å². The molecule has 2 aromatic carbocycles. The highest BCUT2D eigenvalue weighted by Crippen LogP contribution is 2.15. The molecule has 0 aliphatic carbocycles. The molecule has 3 nitrogen and oxygen atoms in total.